The van der Waals surface area contributed by atoms with Crippen LogP contribution >= 0.6 is 0 Å². The van der Waals surface area contributed by atoms with Crippen LogP contribution in [0.1, 0.15) is 6.42 Å². The summed E-state index contributed by atoms with van der Waals surface area (Å²) in [7, 11) is 1.94. The van der Waals surface area contributed by atoms with Gasteiger partial charge < -0.3 is 0 Å². The molecule has 0 aliphatic heterocycles. The van der Waals surface area contributed by atoms with Crippen molar-refractivity contribution < 1.29 is 37.9 Å². The fourth-order valence-corrected chi connectivity index (χ4v) is 0.606. The third-order valence-corrected chi connectivity index (χ3v) is 1.32. The third-order valence-electron chi connectivity index (χ3n) is 0.663. The normalized spacial score (nSPS) is 14.1. The van der Waals surface area contributed by atoms with Crippen LogP contribution in [-0.2, 0) is 0 Å². The van der Waals surface area contributed by atoms with Crippen molar-refractivity contribution in [2.45, 2.75) is 8.24 Å². The van der Waals surface area contributed by atoms with Gasteiger partial charge >= 0.3 is 70.8 Å². The molecule has 0 aliphatic rings. The number of hydrogen-bond donors (Lipinski definition) is 2. The maximum atomic E-state index is 5.45. The van der Waals surface area contributed by atoms with E-state index in [2.05, 4.69) is 5.32 Å². The maximum absolute atomic E-state index is 5.45. The molecule has 45 valence electrons. The minimum atomic E-state index is 0.368. The first kappa shape index (κ1) is 8.24. The number of rotatable bonds is 3. The van der Waals surface area contributed by atoms with Crippen molar-refractivity contribution in [3.8, 4) is 0 Å². The van der Waals surface area contributed by atoms with Crippen molar-refractivity contribution in [2.75, 3.05) is 13.6 Å². The molecule has 2 nitrogen and oxygen atoms in total. The molecule has 1 unspecified atom stereocenters. The van der Waals surface area contributed by atoms with E-state index in [1.807, 2.05) is 45.0 Å². The predicted octanol–water partition coefficient (Wildman–Crippen LogP) is -0.570. The van der Waals surface area contributed by atoms with E-state index in [0.717, 1.165) is 13.0 Å². The number of nitrogens with two attached hydrogens (primary N) is 1. The first-order valence-corrected chi connectivity index (χ1v) is 3.61. The van der Waals surface area contributed by atoms with Gasteiger partial charge in [0.15, 0.2) is 0 Å². The molecule has 0 aliphatic carbocycles. The topological polar surface area (TPSA) is 38.0 Å². The van der Waals surface area contributed by atoms with E-state index in [1.54, 1.807) is 0 Å². The molecular weight excluding hydrogens is 233 g/mol. The Morgan fingerprint density at radius 1 is 1.86 bits per heavy atom. The van der Waals surface area contributed by atoms with Gasteiger partial charge in [-0.3, -0.25) is 0 Å². The van der Waals surface area contributed by atoms with E-state index in [9.17, 15) is 0 Å². The van der Waals surface area contributed by atoms with Crippen molar-refractivity contribution in [3.63, 3.8) is 0 Å². The minimum absolute atomic E-state index is 0.368. The molecular formula is C4H11GdN2. The Morgan fingerprint density at radius 3 is 2.57 bits per heavy atom. The van der Waals surface area contributed by atoms with Crippen LogP contribution in [0.25, 0.3) is 0 Å². The van der Waals surface area contributed by atoms with E-state index in [1.165, 1.54) is 0 Å². The molecule has 1 atom stereocenters. The summed E-state index contributed by atoms with van der Waals surface area (Å²) in [5, 5.41) is 3.02. The Labute approximate surface area is 70.2 Å². The van der Waals surface area contributed by atoms with Gasteiger partial charge in [0.1, 0.15) is 0 Å². The van der Waals surface area contributed by atoms with Gasteiger partial charge in [0.2, 0.25) is 0 Å². The summed E-state index contributed by atoms with van der Waals surface area (Å²) in [5.74, 6) is 0. The van der Waals surface area contributed by atoms with E-state index < -0.39 is 0 Å². The zero-order valence-electron chi connectivity index (χ0n) is 4.42. The Hall–Kier alpha value is 1.24. The average molecular weight is 244 g/mol. The number of nitrogens with one attached hydrogen (secondary N) is 1. The van der Waals surface area contributed by atoms with Gasteiger partial charge in [-0.05, 0) is 0 Å². The van der Waals surface area contributed by atoms with E-state index in [0.29, 0.717) is 1.82 Å². The second-order valence-electron chi connectivity index (χ2n) is 1.39. The molecule has 0 aromatic heterocycles. The zero-order chi connectivity index (χ0) is 5.70. The molecule has 3 N–H and O–H groups in total. The van der Waals surface area contributed by atoms with Crippen LogP contribution < -0.4 is 11.1 Å². The quantitative estimate of drug-likeness (QED) is 0.698. The van der Waals surface area contributed by atoms with Crippen molar-refractivity contribution >= 4 is 0 Å². The predicted molar refractivity (Wildman–Crippen MR) is 26.5 cm³/mol. The second-order valence-corrected chi connectivity index (χ2v) is 3.07. The van der Waals surface area contributed by atoms with Crippen LogP contribution in [0.15, 0.2) is 0 Å². The fraction of sp³-hybridized carbons (Fsp3) is 1.00. The molecule has 7 heavy (non-hydrogen) atoms. The van der Waals surface area contributed by atoms with Crippen molar-refractivity contribution in [1.29, 1.82) is 0 Å². The summed E-state index contributed by atoms with van der Waals surface area (Å²) in [6, 6.07) is 0. The Balaban J connectivity index is 2.68. The first-order valence-electron chi connectivity index (χ1n) is 2.30. The molecule has 0 fully saturated rings. The summed E-state index contributed by atoms with van der Waals surface area (Å²) < 4.78 is 0.368. The second kappa shape index (κ2) is 5.38. The van der Waals surface area contributed by atoms with Crippen molar-refractivity contribution in [3.05, 3.63) is 0 Å². The molecule has 0 radical (unpaired) electrons. The molecule has 0 bridgehead atoms. The molecule has 0 amide bonds. The van der Waals surface area contributed by atoms with E-state index in [4.69, 9.17) is 5.73 Å². The first-order chi connectivity index (χ1) is 3.27. The van der Waals surface area contributed by atoms with E-state index >= 15 is 0 Å². The van der Waals surface area contributed by atoms with Crippen molar-refractivity contribution in [2.24, 2.45) is 5.73 Å². The summed E-state index contributed by atoms with van der Waals surface area (Å²) in [6.45, 7) is 1.03. The molecule has 0 saturated heterocycles. The fourth-order valence-electron chi connectivity index (χ4n) is 0.279. The molecule has 0 aromatic carbocycles. The summed E-state index contributed by atoms with van der Waals surface area (Å²) in [5.41, 5.74) is 5.45. The molecule has 3 heteroatoms. The SMILES string of the molecule is CNCC[CH](N)[Gd]. The molecule has 0 aromatic rings. The molecule has 0 spiro atoms. The van der Waals surface area contributed by atoms with Gasteiger partial charge in [-0.15, -0.1) is 0 Å². The van der Waals surface area contributed by atoms with Crippen LogP contribution in [0.2, 0.25) is 0 Å². The Kier molecular flexibility index (Phi) is 6.34. The number of hydrogen-bond acceptors (Lipinski definition) is 2. The monoisotopic (exact) mass is 245 g/mol. The molecule has 0 heterocycles. The van der Waals surface area contributed by atoms with Gasteiger partial charge in [0.05, 0.1) is 0 Å². The van der Waals surface area contributed by atoms with Crippen LogP contribution in [0.3, 0.4) is 0 Å². The van der Waals surface area contributed by atoms with Crippen LogP contribution in [-0.4, -0.2) is 15.4 Å². The van der Waals surface area contributed by atoms with Gasteiger partial charge in [-0.2, -0.15) is 0 Å². The summed E-state index contributed by atoms with van der Waals surface area (Å²) in [4.78, 5) is 0. The summed E-state index contributed by atoms with van der Waals surface area (Å²) >= 11 is 1.83. The van der Waals surface area contributed by atoms with Crippen molar-refractivity contribution in [1.82, 2.24) is 5.32 Å². The van der Waals surface area contributed by atoms with Gasteiger partial charge in [-0.25, -0.2) is 0 Å². The Morgan fingerprint density at radius 2 is 2.43 bits per heavy atom. The summed E-state index contributed by atoms with van der Waals surface area (Å²) in [6.07, 6.45) is 1.08. The molecule has 0 rings (SSSR count). The van der Waals surface area contributed by atoms with Gasteiger partial charge in [0.25, 0.3) is 0 Å². The zero-order valence-corrected chi connectivity index (χ0v) is 6.69. The van der Waals surface area contributed by atoms with Crippen LogP contribution in [0.4, 0.5) is 0 Å². The standard InChI is InChI=1S/C4H11N2.Gd/c1-6-4-2-3-5;/h3,6H,2,4-5H2,1H3;. The van der Waals surface area contributed by atoms with Crippen LogP contribution in [0, 0.1) is 37.9 Å². The average Bonchev–Trinajstić information content (AvgIpc) is 1.61. The molecule has 0 saturated carbocycles. The van der Waals surface area contributed by atoms with E-state index in [-0.39, 0.29) is 0 Å². The van der Waals surface area contributed by atoms with Gasteiger partial charge in [-0.1, -0.05) is 0 Å². The third kappa shape index (κ3) is 7.24. The Bertz CT molecular complexity index is 38.7. The van der Waals surface area contributed by atoms with Crippen LogP contribution in [0.5, 0.6) is 0 Å². The van der Waals surface area contributed by atoms with Gasteiger partial charge in [0, 0.05) is 0 Å².